The van der Waals surface area contributed by atoms with E-state index in [1.165, 1.54) is 23.5 Å². The van der Waals surface area contributed by atoms with E-state index in [0.29, 0.717) is 11.2 Å². The van der Waals surface area contributed by atoms with Gasteiger partial charge in [-0.25, -0.2) is 13.6 Å². The predicted molar refractivity (Wildman–Crippen MR) is 80.0 cm³/mol. The second kappa shape index (κ2) is 6.33. The van der Waals surface area contributed by atoms with Crippen LogP contribution in [0, 0.1) is 0 Å². The first-order valence-corrected chi connectivity index (χ1v) is 8.58. The lowest BCUT2D eigenvalue weighted by Crippen LogP contribution is -2.13. The highest BCUT2D eigenvalue weighted by molar-refractivity contribution is 7.89. The van der Waals surface area contributed by atoms with Gasteiger partial charge >= 0.3 is 0 Å². The van der Waals surface area contributed by atoms with E-state index in [2.05, 4.69) is 4.99 Å². The van der Waals surface area contributed by atoms with Crippen molar-refractivity contribution >= 4 is 27.3 Å². The molecule has 0 atom stereocenters. The SMILES string of the molecule is Cn1ccsc1=NC(=O)CCc1ccc(S(N)(=O)=O)cc1. The van der Waals surface area contributed by atoms with Crippen molar-refractivity contribution in [2.24, 2.45) is 17.2 Å². The molecule has 2 N–H and O–H groups in total. The molecule has 0 unspecified atom stereocenters. The van der Waals surface area contributed by atoms with Crippen LogP contribution in [0.3, 0.4) is 0 Å². The van der Waals surface area contributed by atoms with Crippen molar-refractivity contribution in [3.05, 3.63) is 46.2 Å². The summed E-state index contributed by atoms with van der Waals surface area (Å²) in [6.07, 6.45) is 2.61. The van der Waals surface area contributed by atoms with Gasteiger partial charge in [-0.3, -0.25) is 4.79 Å². The van der Waals surface area contributed by atoms with Gasteiger partial charge in [0.1, 0.15) is 0 Å². The van der Waals surface area contributed by atoms with Crippen LogP contribution in [0.1, 0.15) is 12.0 Å². The largest absolute Gasteiger partial charge is 0.327 e. The van der Waals surface area contributed by atoms with E-state index >= 15 is 0 Å². The van der Waals surface area contributed by atoms with Crippen LogP contribution in [0.25, 0.3) is 0 Å². The molecule has 112 valence electrons. The van der Waals surface area contributed by atoms with E-state index in [1.807, 2.05) is 18.6 Å². The molecule has 1 aromatic heterocycles. The summed E-state index contributed by atoms with van der Waals surface area (Å²) in [7, 11) is -1.85. The lowest BCUT2D eigenvalue weighted by atomic mass is 10.1. The molecule has 0 bridgehead atoms. The zero-order valence-electron chi connectivity index (χ0n) is 11.4. The van der Waals surface area contributed by atoms with Gasteiger partial charge in [0.25, 0.3) is 0 Å². The van der Waals surface area contributed by atoms with Crippen LogP contribution in [0.2, 0.25) is 0 Å². The number of sulfonamides is 1. The first-order chi connectivity index (χ1) is 9.86. The fourth-order valence-corrected chi connectivity index (χ4v) is 2.96. The molecule has 1 amide bonds. The number of nitrogens with two attached hydrogens (primary N) is 1. The van der Waals surface area contributed by atoms with Crippen LogP contribution >= 0.6 is 11.3 Å². The Hall–Kier alpha value is -1.77. The number of carbonyl (C=O) groups is 1. The average molecular weight is 325 g/mol. The molecule has 2 aromatic rings. The molecule has 0 aliphatic heterocycles. The van der Waals surface area contributed by atoms with Crippen molar-refractivity contribution in [1.82, 2.24) is 4.57 Å². The normalized spacial score (nSPS) is 12.6. The zero-order valence-corrected chi connectivity index (χ0v) is 13.0. The fraction of sp³-hybridized carbons (Fsp3) is 0.231. The van der Waals surface area contributed by atoms with Crippen LogP contribution in [0.4, 0.5) is 0 Å². The summed E-state index contributed by atoms with van der Waals surface area (Å²) in [5.41, 5.74) is 0.863. The number of aryl methyl sites for hydroxylation is 2. The molecule has 1 aromatic carbocycles. The van der Waals surface area contributed by atoms with Crippen molar-refractivity contribution in [1.29, 1.82) is 0 Å². The minimum absolute atomic E-state index is 0.0628. The molecule has 0 aliphatic rings. The lowest BCUT2D eigenvalue weighted by molar-refractivity contribution is -0.118. The Morgan fingerprint density at radius 2 is 2.00 bits per heavy atom. The first kappa shape index (κ1) is 15.6. The molecule has 0 aliphatic carbocycles. The van der Waals surface area contributed by atoms with Crippen molar-refractivity contribution in [2.75, 3.05) is 0 Å². The molecule has 0 spiro atoms. The van der Waals surface area contributed by atoms with Crippen LogP contribution < -0.4 is 9.94 Å². The van der Waals surface area contributed by atoms with E-state index in [4.69, 9.17) is 5.14 Å². The third-order valence-electron chi connectivity index (χ3n) is 2.86. The highest BCUT2D eigenvalue weighted by Crippen LogP contribution is 2.10. The minimum atomic E-state index is -3.68. The number of amides is 1. The molecule has 2 rings (SSSR count). The van der Waals surface area contributed by atoms with Gasteiger partial charge in [0.15, 0.2) is 4.80 Å². The van der Waals surface area contributed by atoms with Gasteiger partial charge in [0, 0.05) is 25.0 Å². The van der Waals surface area contributed by atoms with E-state index in [-0.39, 0.29) is 17.2 Å². The molecule has 0 saturated carbocycles. The van der Waals surface area contributed by atoms with E-state index < -0.39 is 10.0 Å². The third kappa shape index (κ3) is 4.35. The summed E-state index contributed by atoms with van der Waals surface area (Å²) in [5.74, 6) is -0.205. The lowest BCUT2D eigenvalue weighted by Gasteiger charge is -2.01. The van der Waals surface area contributed by atoms with Crippen molar-refractivity contribution in [2.45, 2.75) is 17.7 Å². The molecular formula is C13H15N3O3S2. The number of hydrogen-bond donors (Lipinski definition) is 1. The minimum Gasteiger partial charge on any atom is -0.327 e. The number of thiazole rings is 1. The maximum absolute atomic E-state index is 11.8. The van der Waals surface area contributed by atoms with E-state index in [0.717, 1.165) is 5.56 Å². The van der Waals surface area contributed by atoms with Crippen molar-refractivity contribution < 1.29 is 13.2 Å². The Bertz CT molecular complexity index is 802. The molecular weight excluding hydrogens is 310 g/mol. The van der Waals surface area contributed by atoms with Crippen molar-refractivity contribution in [3.8, 4) is 0 Å². The maximum Gasteiger partial charge on any atom is 0.248 e. The fourth-order valence-electron chi connectivity index (χ4n) is 1.69. The average Bonchev–Trinajstić information content (AvgIpc) is 2.81. The van der Waals surface area contributed by atoms with Gasteiger partial charge in [-0.05, 0) is 24.1 Å². The predicted octanol–water partition coefficient (Wildman–Crippen LogP) is 0.794. The summed E-state index contributed by atoms with van der Waals surface area (Å²) in [4.78, 5) is 16.5. The number of benzene rings is 1. The third-order valence-corrected chi connectivity index (χ3v) is 4.64. The molecule has 8 heteroatoms. The first-order valence-electron chi connectivity index (χ1n) is 6.16. The standard InChI is InChI=1S/C13H15N3O3S2/c1-16-8-9-20-13(16)15-12(17)7-4-10-2-5-11(6-3-10)21(14,18)19/h2-3,5-6,8-9H,4,7H2,1H3,(H2,14,18,19). The number of aromatic nitrogens is 1. The second-order valence-electron chi connectivity index (χ2n) is 4.49. The Morgan fingerprint density at radius 1 is 1.33 bits per heavy atom. The number of hydrogen-bond acceptors (Lipinski definition) is 4. The molecule has 6 nitrogen and oxygen atoms in total. The zero-order chi connectivity index (χ0) is 15.5. The Kier molecular flexibility index (Phi) is 4.71. The van der Waals surface area contributed by atoms with Gasteiger partial charge in [-0.15, -0.1) is 11.3 Å². The topological polar surface area (TPSA) is 94.5 Å². The molecule has 1 heterocycles. The van der Waals surface area contributed by atoms with Gasteiger partial charge in [-0.2, -0.15) is 4.99 Å². The number of primary sulfonamides is 1. The smallest absolute Gasteiger partial charge is 0.248 e. The van der Waals surface area contributed by atoms with Crippen molar-refractivity contribution in [3.63, 3.8) is 0 Å². The van der Waals surface area contributed by atoms with Crippen LogP contribution in [-0.2, 0) is 28.3 Å². The highest BCUT2D eigenvalue weighted by atomic mass is 32.2. The van der Waals surface area contributed by atoms with Crippen LogP contribution in [0.15, 0.2) is 45.7 Å². The summed E-state index contributed by atoms with van der Waals surface area (Å²) in [6.45, 7) is 0. The Balaban J connectivity index is 2.01. The van der Waals surface area contributed by atoms with E-state index in [9.17, 15) is 13.2 Å². The highest BCUT2D eigenvalue weighted by Gasteiger charge is 2.07. The van der Waals surface area contributed by atoms with E-state index in [1.54, 1.807) is 16.7 Å². The number of carbonyl (C=O) groups excluding carboxylic acids is 1. The van der Waals surface area contributed by atoms with Crippen LogP contribution in [-0.4, -0.2) is 18.9 Å². The summed E-state index contributed by atoms with van der Waals surface area (Å²) in [5, 5.41) is 6.88. The summed E-state index contributed by atoms with van der Waals surface area (Å²) >= 11 is 1.40. The van der Waals surface area contributed by atoms with Crippen LogP contribution in [0.5, 0.6) is 0 Å². The maximum atomic E-state index is 11.8. The molecule has 0 saturated heterocycles. The van der Waals surface area contributed by atoms with Gasteiger partial charge < -0.3 is 4.57 Å². The second-order valence-corrected chi connectivity index (χ2v) is 6.93. The Labute approximate surface area is 126 Å². The number of nitrogens with zero attached hydrogens (tertiary/aromatic N) is 2. The Morgan fingerprint density at radius 3 is 2.52 bits per heavy atom. The monoisotopic (exact) mass is 325 g/mol. The van der Waals surface area contributed by atoms with Gasteiger partial charge in [-0.1, -0.05) is 12.1 Å². The van der Waals surface area contributed by atoms with Gasteiger partial charge in [0.05, 0.1) is 4.90 Å². The molecule has 21 heavy (non-hydrogen) atoms. The quantitative estimate of drug-likeness (QED) is 0.900. The summed E-state index contributed by atoms with van der Waals surface area (Å²) in [6, 6.07) is 6.17. The summed E-state index contributed by atoms with van der Waals surface area (Å²) < 4.78 is 24.0. The van der Waals surface area contributed by atoms with Gasteiger partial charge in [0.2, 0.25) is 15.9 Å². The molecule has 0 fully saturated rings. The molecule has 0 radical (unpaired) electrons. The number of rotatable bonds is 4.